The van der Waals surface area contributed by atoms with E-state index in [1.54, 1.807) is 5.57 Å². The fraction of sp³-hybridized carbons (Fsp3) is 0.182. The molecule has 1 nitrogen and oxygen atoms in total. The molecule has 0 unspecified atom stereocenters. The maximum atomic E-state index is 2.35. The molecule has 2 aliphatic rings. The lowest BCUT2D eigenvalue weighted by molar-refractivity contribution is 0.831. The second-order valence-corrected chi connectivity index (χ2v) is 6.51. The van der Waals surface area contributed by atoms with Gasteiger partial charge in [-0.2, -0.15) is 0 Å². The molecule has 112 valence electrons. The molecular formula is C22H19N. The maximum absolute atomic E-state index is 2.35. The molecule has 0 spiro atoms. The van der Waals surface area contributed by atoms with Crippen molar-refractivity contribution >= 4 is 16.3 Å². The monoisotopic (exact) mass is 297 g/mol. The molecule has 0 radical (unpaired) electrons. The van der Waals surface area contributed by atoms with Gasteiger partial charge in [0.15, 0.2) is 0 Å². The predicted molar refractivity (Wildman–Crippen MR) is 96.9 cm³/mol. The number of fused-ring (bicyclic) bond motifs is 4. The van der Waals surface area contributed by atoms with Crippen molar-refractivity contribution in [1.29, 1.82) is 0 Å². The summed E-state index contributed by atoms with van der Waals surface area (Å²) in [5, 5.41) is 2.77. The summed E-state index contributed by atoms with van der Waals surface area (Å²) in [7, 11) is 0. The molecular weight excluding hydrogens is 278 g/mol. The van der Waals surface area contributed by atoms with E-state index < -0.39 is 0 Å². The van der Waals surface area contributed by atoms with Gasteiger partial charge >= 0.3 is 0 Å². The molecule has 1 heteroatoms. The van der Waals surface area contributed by atoms with Crippen LogP contribution in [0.25, 0.3) is 22.0 Å². The van der Waals surface area contributed by atoms with E-state index >= 15 is 0 Å². The van der Waals surface area contributed by atoms with Gasteiger partial charge in [-0.1, -0.05) is 42.0 Å². The highest BCUT2D eigenvalue weighted by molar-refractivity contribution is 5.97. The van der Waals surface area contributed by atoms with Crippen molar-refractivity contribution in [1.82, 2.24) is 4.57 Å². The fourth-order valence-corrected chi connectivity index (χ4v) is 4.17. The average Bonchev–Trinajstić information content (AvgIpc) is 3.15. The number of nitrogens with zero attached hydrogens (tertiary/aromatic N) is 1. The minimum absolute atomic E-state index is 1.18. The molecule has 23 heavy (non-hydrogen) atoms. The Bertz CT molecular complexity index is 955. The second-order valence-electron chi connectivity index (χ2n) is 6.51. The molecule has 3 aromatic rings. The Hall–Kier alpha value is -2.54. The van der Waals surface area contributed by atoms with Crippen LogP contribution in [0.4, 0.5) is 0 Å². The minimum Gasteiger partial charge on any atom is -0.323 e. The van der Waals surface area contributed by atoms with Gasteiger partial charge in [-0.15, -0.1) is 0 Å². The van der Waals surface area contributed by atoms with Gasteiger partial charge < -0.3 is 4.57 Å². The SMILES string of the molecule is C1=CC2=C(CC1)CCc1c2ccc2c(-n3cccc3)cccc12. The van der Waals surface area contributed by atoms with Crippen LogP contribution < -0.4 is 0 Å². The van der Waals surface area contributed by atoms with Crippen LogP contribution in [0, 0.1) is 0 Å². The largest absolute Gasteiger partial charge is 0.323 e. The molecule has 0 N–H and O–H groups in total. The van der Waals surface area contributed by atoms with Crippen molar-refractivity contribution < 1.29 is 0 Å². The van der Waals surface area contributed by atoms with E-state index in [0.717, 1.165) is 0 Å². The number of allylic oxidation sites excluding steroid dienone is 4. The highest BCUT2D eigenvalue weighted by atomic mass is 14.9. The first-order chi connectivity index (χ1) is 11.4. The molecule has 0 aliphatic heterocycles. The number of benzene rings is 2. The third kappa shape index (κ3) is 1.93. The van der Waals surface area contributed by atoms with E-state index in [-0.39, 0.29) is 0 Å². The summed E-state index contributed by atoms with van der Waals surface area (Å²) >= 11 is 0. The van der Waals surface area contributed by atoms with E-state index in [2.05, 4.69) is 71.6 Å². The van der Waals surface area contributed by atoms with Gasteiger partial charge in [0.25, 0.3) is 0 Å². The van der Waals surface area contributed by atoms with Crippen LogP contribution in [0.15, 0.2) is 72.6 Å². The van der Waals surface area contributed by atoms with Crippen LogP contribution in [0.2, 0.25) is 0 Å². The first-order valence-electron chi connectivity index (χ1n) is 8.49. The fourth-order valence-electron chi connectivity index (χ4n) is 4.17. The molecule has 2 aliphatic carbocycles. The standard InChI is InChI=1S/C22H19N/c1-2-7-17-16(6-1)10-11-20-18-8-5-9-22(23-14-3-4-15-23)21(18)13-12-19(17)20/h2-5,7-9,12-15H,1,6,10-11H2. The number of rotatable bonds is 1. The van der Waals surface area contributed by atoms with Crippen molar-refractivity contribution in [3.8, 4) is 5.69 Å². The van der Waals surface area contributed by atoms with Gasteiger partial charge in [0.1, 0.15) is 0 Å². The summed E-state index contributed by atoms with van der Waals surface area (Å²) in [6, 6.07) is 15.5. The highest BCUT2D eigenvalue weighted by Crippen LogP contribution is 2.40. The number of aromatic nitrogens is 1. The average molecular weight is 297 g/mol. The topological polar surface area (TPSA) is 4.93 Å². The Balaban J connectivity index is 1.78. The van der Waals surface area contributed by atoms with E-state index in [9.17, 15) is 0 Å². The molecule has 0 saturated heterocycles. The molecule has 2 aromatic carbocycles. The number of aryl methyl sites for hydroxylation is 1. The first-order valence-corrected chi connectivity index (χ1v) is 8.49. The zero-order valence-corrected chi connectivity index (χ0v) is 13.1. The Kier molecular flexibility index (Phi) is 2.81. The predicted octanol–water partition coefficient (Wildman–Crippen LogP) is 5.68. The Labute approximate surface area is 136 Å². The zero-order valence-electron chi connectivity index (χ0n) is 13.1. The van der Waals surface area contributed by atoms with E-state index in [1.807, 2.05) is 0 Å². The van der Waals surface area contributed by atoms with Gasteiger partial charge in [-0.05, 0) is 66.0 Å². The summed E-state index contributed by atoms with van der Waals surface area (Å²) < 4.78 is 2.21. The van der Waals surface area contributed by atoms with Gasteiger partial charge in [-0.25, -0.2) is 0 Å². The van der Waals surface area contributed by atoms with Gasteiger partial charge in [0, 0.05) is 17.8 Å². The maximum Gasteiger partial charge on any atom is 0.0527 e. The van der Waals surface area contributed by atoms with Crippen molar-refractivity contribution in [2.45, 2.75) is 25.7 Å². The van der Waals surface area contributed by atoms with Crippen LogP contribution in [0.3, 0.4) is 0 Å². The van der Waals surface area contributed by atoms with Crippen LogP contribution in [-0.4, -0.2) is 4.57 Å². The summed E-state index contributed by atoms with van der Waals surface area (Å²) in [6.45, 7) is 0. The van der Waals surface area contributed by atoms with Gasteiger partial charge in [0.05, 0.1) is 5.69 Å². The van der Waals surface area contributed by atoms with Crippen LogP contribution in [0.5, 0.6) is 0 Å². The normalized spacial score (nSPS) is 16.5. The first kappa shape index (κ1) is 13.0. The van der Waals surface area contributed by atoms with Crippen molar-refractivity contribution in [3.63, 3.8) is 0 Å². The highest BCUT2D eigenvalue weighted by Gasteiger charge is 2.21. The third-order valence-corrected chi connectivity index (χ3v) is 5.28. The Morgan fingerprint density at radius 1 is 0.783 bits per heavy atom. The second kappa shape index (κ2) is 4.99. The van der Waals surface area contributed by atoms with E-state index in [0.29, 0.717) is 0 Å². The van der Waals surface area contributed by atoms with E-state index in [4.69, 9.17) is 0 Å². The molecule has 0 saturated carbocycles. The van der Waals surface area contributed by atoms with Crippen molar-refractivity contribution in [2.24, 2.45) is 0 Å². The molecule has 0 atom stereocenters. The lowest BCUT2D eigenvalue weighted by atomic mass is 9.79. The Morgan fingerprint density at radius 2 is 1.70 bits per heavy atom. The molecule has 5 rings (SSSR count). The molecule has 0 fully saturated rings. The summed E-state index contributed by atoms with van der Waals surface area (Å²) in [5.74, 6) is 0. The van der Waals surface area contributed by atoms with Gasteiger partial charge in [0.2, 0.25) is 0 Å². The van der Waals surface area contributed by atoms with E-state index in [1.165, 1.54) is 58.8 Å². The molecule has 0 bridgehead atoms. The molecule has 1 aromatic heterocycles. The van der Waals surface area contributed by atoms with Crippen LogP contribution in [-0.2, 0) is 6.42 Å². The number of hydrogen-bond donors (Lipinski definition) is 0. The summed E-state index contributed by atoms with van der Waals surface area (Å²) in [4.78, 5) is 0. The van der Waals surface area contributed by atoms with Crippen molar-refractivity contribution in [2.75, 3.05) is 0 Å². The smallest absolute Gasteiger partial charge is 0.0527 e. The van der Waals surface area contributed by atoms with Crippen LogP contribution in [0.1, 0.15) is 30.4 Å². The molecule has 1 heterocycles. The quantitative estimate of drug-likeness (QED) is 0.544. The van der Waals surface area contributed by atoms with Gasteiger partial charge in [-0.3, -0.25) is 0 Å². The number of hydrogen-bond acceptors (Lipinski definition) is 0. The lowest BCUT2D eigenvalue weighted by Crippen LogP contribution is -2.07. The van der Waals surface area contributed by atoms with Crippen LogP contribution >= 0.6 is 0 Å². The molecule has 0 amide bonds. The lowest BCUT2D eigenvalue weighted by Gasteiger charge is -2.26. The Morgan fingerprint density at radius 3 is 2.61 bits per heavy atom. The minimum atomic E-state index is 1.18. The summed E-state index contributed by atoms with van der Waals surface area (Å²) in [5.41, 5.74) is 7.40. The summed E-state index contributed by atoms with van der Waals surface area (Å²) in [6.07, 6.45) is 13.8. The zero-order chi connectivity index (χ0) is 15.2. The third-order valence-electron chi connectivity index (χ3n) is 5.28. The van der Waals surface area contributed by atoms with Crippen molar-refractivity contribution in [3.05, 3.63) is 83.7 Å².